The van der Waals surface area contributed by atoms with Crippen molar-refractivity contribution in [1.82, 2.24) is 9.88 Å². The molecule has 154 valence electrons. The number of likely N-dealkylation sites (tertiary alicyclic amines) is 1. The van der Waals surface area contributed by atoms with Crippen LogP contribution in [-0.4, -0.2) is 55.2 Å². The van der Waals surface area contributed by atoms with E-state index < -0.39 is 0 Å². The first-order valence-electron chi connectivity index (χ1n) is 10.6. The van der Waals surface area contributed by atoms with Crippen LogP contribution in [0.4, 0.5) is 11.5 Å². The second-order valence-corrected chi connectivity index (χ2v) is 8.11. The van der Waals surface area contributed by atoms with E-state index in [1.807, 2.05) is 24.3 Å². The Hall–Kier alpha value is -2.44. The van der Waals surface area contributed by atoms with E-state index in [9.17, 15) is 4.79 Å². The Labute approximate surface area is 172 Å². The molecule has 1 amide bonds. The van der Waals surface area contributed by atoms with Crippen LogP contribution < -0.4 is 10.2 Å². The molecule has 0 saturated carbocycles. The van der Waals surface area contributed by atoms with Gasteiger partial charge in [-0.15, -0.1) is 0 Å². The highest BCUT2D eigenvalue weighted by molar-refractivity contribution is 6.07. The maximum absolute atomic E-state index is 12.9. The van der Waals surface area contributed by atoms with Gasteiger partial charge in [-0.3, -0.25) is 9.69 Å². The van der Waals surface area contributed by atoms with E-state index in [0.29, 0.717) is 18.8 Å². The second-order valence-electron chi connectivity index (χ2n) is 8.11. The molecule has 0 radical (unpaired) electrons. The van der Waals surface area contributed by atoms with Crippen molar-refractivity contribution in [3.63, 3.8) is 0 Å². The summed E-state index contributed by atoms with van der Waals surface area (Å²) in [6, 6.07) is 11.8. The maximum Gasteiger partial charge on any atom is 0.259 e. The third-order valence-corrected chi connectivity index (χ3v) is 5.70. The van der Waals surface area contributed by atoms with Crippen molar-refractivity contribution in [2.24, 2.45) is 5.92 Å². The number of ether oxygens (including phenoxy) is 1. The lowest BCUT2D eigenvalue weighted by atomic mass is 10.00. The SMILES string of the molecule is CC1CCCN(Cc2ccc(NC(=O)c3cccnc3N3CCOCC3)cc2)C1. The van der Waals surface area contributed by atoms with Gasteiger partial charge in [0.1, 0.15) is 5.82 Å². The zero-order chi connectivity index (χ0) is 20.1. The fraction of sp³-hybridized carbons (Fsp3) is 0.478. The summed E-state index contributed by atoms with van der Waals surface area (Å²) in [5.41, 5.74) is 2.69. The average Bonchev–Trinajstić information content (AvgIpc) is 2.76. The first-order valence-corrected chi connectivity index (χ1v) is 10.6. The van der Waals surface area contributed by atoms with E-state index in [-0.39, 0.29) is 5.91 Å². The van der Waals surface area contributed by atoms with E-state index >= 15 is 0 Å². The summed E-state index contributed by atoms with van der Waals surface area (Å²) in [5.74, 6) is 1.38. The molecule has 2 aliphatic rings. The highest BCUT2D eigenvalue weighted by Crippen LogP contribution is 2.21. The van der Waals surface area contributed by atoms with Crippen molar-refractivity contribution >= 4 is 17.4 Å². The highest BCUT2D eigenvalue weighted by atomic mass is 16.5. The van der Waals surface area contributed by atoms with E-state index in [0.717, 1.165) is 37.1 Å². The zero-order valence-electron chi connectivity index (χ0n) is 17.1. The van der Waals surface area contributed by atoms with Crippen molar-refractivity contribution in [1.29, 1.82) is 0 Å². The number of amides is 1. The van der Waals surface area contributed by atoms with Crippen molar-refractivity contribution in [2.75, 3.05) is 49.6 Å². The largest absolute Gasteiger partial charge is 0.378 e. The van der Waals surface area contributed by atoms with Gasteiger partial charge in [0.2, 0.25) is 0 Å². The fourth-order valence-corrected chi connectivity index (χ4v) is 4.18. The molecule has 1 unspecified atom stereocenters. The maximum atomic E-state index is 12.9. The minimum absolute atomic E-state index is 0.128. The summed E-state index contributed by atoms with van der Waals surface area (Å²) in [6.07, 6.45) is 4.35. The van der Waals surface area contributed by atoms with Crippen molar-refractivity contribution < 1.29 is 9.53 Å². The van der Waals surface area contributed by atoms with Crippen molar-refractivity contribution in [2.45, 2.75) is 26.3 Å². The van der Waals surface area contributed by atoms with Crippen LogP contribution in [0.2, 0.25) is 0 Å². The molecule has 6 nitrogen and oxygen atoms in total. The Morgan fingerprint density at radius 1 is 1.17 bits per heavy atom. The number of carbonyl (C=O) groups excluding carboxylic acids is 1. The quantitative estimate of drug-likeness (QED) is 0.842. The van der Waals surface area contributed by atoms with E-state index in [4.69, 9.17) is 4.74 Å². The van der Waals surface area contributed by atoms with Crippen LogP contribution in [0.15, 0.2) is 42.6 Å². The minimum Gasteiger partial charge on any atom is -0.378 e. The molecule has 2 aromatic rings. The van der Waals surface area contributed by atoms with Gasteiger partial charge in [0.05, 0.1) is 18.8 Å². The second kappa shape index (κ2) is 9.37. The molecule has 3 heterocycles. The fourth-order valence-electron chi connectivity index (χ4n) is 4.18. The zero-order valence-corrected chi connectivity index (χ0v) is 17.1. The lowest BCUT2D eigenvalue weighted by Crippen LogP contribution is -2.38. The summed E-state index contributed by atoms with van der Waals surface area (Å²) < 4.78 is 5.42. The Kier molecular flexibility index (Phi) is 6.42. The Morgan fingerprint density at radius 3 is 2.72 bits per heavy atom. The topological polar surface area (TPSA) is 57.7 Å². The number of benzene rings is 1. The molecule has 2 saturated heterocycles. The lowest BCUT2D eigenvalue weighted by Gasteiger charge is -2.30. The number of anilines is 2. The first kappa shape index (κ1) is 19.9. The Bertz CT molecular complexity index is 818. The van der Waals surface area contributed by atoms with E-state index in [1.54, 1.807) is 6.20 Å². The number of morpholine rings is 1. The van der Waals surface area contributed by atoms with Gasteiger partial charge >= 0.3 is 0 Å². The van der Waals surface area contributed by atoms with Gasteiger partial charge in [0, 0.05) is 38.1 Å². The molecule has 1 N–H and O–H groups in total. The molecular formula is C23H30N4O2. The van der Waals surface area contributed by atoms with Gasteiger partial charge in [-0.25, -0.2) is 4.98 Å². The number of nitrogens with one attached hydrogen (secondary N) is 1. The van der Waals surface area contributed by atoms with Gasteiger partial charge in [-0.2, -0.15) is 0 Å². The number of rotatable bonds is 5. The Balaban J connectivity index is 1.40. The predicted molar refractivity (Wildman–Crippen MR) is 115 cm³/mol. The summed E-state index contributed by atoms with van der Waals surface area (Å²) in [7, 11) is 0. The third kappa shape index (κ3) is 5.14. The average molecular weight is 395 g/mol. The molecule has 4 rings (SSSR count). The Morgan fingerprint density at radius 2 is 1.97 bits per heavy atom. The van der Waals surface area contributed by atoms with Gasteiger partial charge < -0.3 is 15.0 Å². The normalized spacial score (nSPS) is 20.4. The van der Waals surface area contributed by atoms with E-state index in [1.165, 1.54) is 31.5 Å². The van der Waals surface area contributed by atoms with Crippen LogP contribution in [0.3, 0.4) is 0 Å². The van der Waals surface area contributed by atoms with Gasteiger partial charge in [0.25, 0.3) is 5.91 Å². The van der Waals surface area contributed by atoms with Crippen LogP contribution in [0.1, 0.15) is 35.7 Å². The molecule has 0 bridgehead atoms. The number of pyridine rings is 1. The standard InChI is InChI=1S/C23H30N4O2/c1-18-4-3-11-26(16-18)17-19-6-8-20(9-7-19)25-23(28)21-5-2-10-24-22(21)27-12-14-29-15-13-27/h2,5-10,18H,3-4,11-17H2,1H3,(H,25,28). The van der Waals surface area contributed by atoms with E-state index in [2.05, 4.69) is 39.2 Å². The molecule has 2 fully saturated rings. The number of carbonyl (C=O) groups is 1. The number of nitrogens with zero attached hydrogens (tertiary/aromatic N) is 3. The minimum atomic E-state index is -0.128. The van der Waals surface area contributed by atoms with Crippen LogP contribution in [0.25, 0.3) is 0 Å². The molecule has 0 aliphatic carbocycles. The van der Waals surface area contributed by atoms with Crippen LogP contribution in [0, 0.1) is 5.92 Å². The van der Waals surface area contributed by atoms with Gasteiger partial charge in [-0.05, 0) is 55.1 Å². The van der Waals surface area contributed by atoms with Crippen LogP contribution >= 0.6 is 0 Å². The molecule has 1 atom stereocenters. The summed E-state index contributed by atoms with van der Waals surface area (Å²) in [6.45, 7) is 8.47. The number of aromatic nitrogens is 1. The molecule has 1 aromatic heterocycles. The smallest absolute Gasteiger partial charge is 0.259 e. The van der Waals surface area contributed by atoms with Crippen molar-refractivity contribution in [3.05, 3.63) is 53.7 Å². The number of piperidine rings is 1. The molecule has 2 aliphatic heterocycles. The predicted octanol–water partition coefficient (Wildman–Crippen LogP) is 3.40. The van der Waals surface area contributed by atoms with Gasteiger partial charge in [-0.1, -0.05) is 19.1 Å². The van der Waals surface area contributed by atoms with Crippen molar-refractivity contribution in [3.8, 4) is 0 Å². The van der Waals surface area contributed by atoms with Crippen LogP contribution in [0.5, 0.6) is 0 Å². The summed E-state index contributed by atoms with van der Waals surface area (Å²) >= 11 is 0. The monoisotopic (exact) mass is 394 g/mol. The number of hydrogen-bond donors (Lipinski definition) is 1. The summed E-state index contributed by atoms with van der Waals surface area (Å²) in [4.78, 5) is 22.0. The first-order chi connectivity index (χ1) is 14.2. The molecular weight excluding hydrogens is 364 g/mol. The molecule has 0 spiro atoms. The molecule has 1 aromatic carbocycles. The third-order valence-electron chi connectivity index (χ3n) is 5.70. The highest BCUT2D eigenvalue weighted by Gasteiger charge is 2.20. The molecule has 6 heteroatoms. The molecule has 29 heavy (non-hydrogen) atoms. The van der Waals surface area contributed by atoms with Crippen LogP contribution in [-0.2, 0) is 11.3 Å². The lowest BCUT2D eigenvalue weighted by molar-refractivity contribution is 0.102. The number of hydrogen-bond acceptors (Lipinski definition) is 5. The summed E-state index contributed by atoms with van der Waals surface area (Å²) in [5, 5.41) is 3.03. The van der Waals surface area contributed by atoms with Gasteiger partial charge in [0.15, 0.2) is 0 Å².